The summed E-state index contributed by atoms with van der Waals surface area (Å²) < 4.78 is 17.9. The van der Waals surface area contributed by atoms with Gasteiger partial charge in [0.25, 0.3) is 0 Å². The van der Waals surface area contributed by atoms with E-state index in [1.165, 1.54) is 5.56 Å². The average Bonchev–Trinajstić information content (AvgIpc) is 2.91. The molecule has 1 heterocycles. The summed E-state index contributed by atoms with van der Waals surface area (Å²) in [4.78, 5) is 0. The molecule has 0 amide bonds. The van der Waals surface area contributed by atoms with Gasteiger partial charge in [0.1, 0.15) is 5.75 Å². The van der Waals surface area contributed by atoms with Crippen molar-refractivity contribution in [2.24, 2.45) is 0 Å². The van der Waals surface area contributed by atoms with Crippen LogP contribution in [0.15, 0.2) is 85.4 Å². The number of benzene rings is 3. The first-order valence-corrected chi connectivity index (χ1v) is 12.3. The molecule has 3 atom stereocenters. The van der Waals surface area contributed by atoms with Crippen molar-refractivity contribution in [1.29, 1.82) is 0 Å². The summed E-state index contributed by atoms with van der Waals surface area (Å²) in [5.74, 6) is 0.726. The molecule has 0 spiro atoms. The number of hydrogen-bond donors (Lipinski definition) is 2. The van der Waals surface area contributed by atoms with Gasteiger partial charge in [-0.3, -0.25) is 0 Å². The van der Waals surface area contributed by atoms with E-state index in [9.17, 15) is 5.11 Å². The Hall–Kier alpha value is -2.96. The number of piperidine rings is 1. The minimum absolute atomic E-state index is 0.0934. The molecule has 0 radical (unpaired) electrons. The highest BCUT2D eigenvalue weighted by atomic mass is 16.5. The molecular formula is C30H35NO4. The lowest BCUT2D eigenvalue weighted by atomic mass is 9.85. The molecule has 1 saturated heterocycles. The molecule has 1 aliphatic heterocycles. The second-order valence-electron chi connectivity index (χ2n) is 8.86. The average molecular weight is 474 g/mol. The van der Waals surface area contributed by atoms with Crippen LogP contribution in [0.5, 0.6) is 5.75 Å². The molecular weight excluding hydrogens is 438 g/mol. The summed E-state index contributed by atoms with van der Waals surface area (Å²) >= 11 is 0. The van der Waals surface area contributed by atoms with E-state index in [-0.39, 0.29) is 12.0 Å². The van der Waals surface area contributed by atoms with Crippen LogP contribution in [-0.4, -0.2) is 43.6 Å². The van der Waals surface area contributed by atoms with Gasteiger partial charge in [0.15, 0.2) is 0 Å². The monoisotopic (exact) mass is 473 g/mol. The van der Waals surface area contributed by atoms with E-state index in [1.54, 1.807) is 0 Å². The first-order valence-electron chi connectivity index (χ1n) is 12.3. The Bertz CT molecular complexity index is 1020. The second-order valence-corrected chi connectivity index (χ2v) is 8.86. The van der Waals surface area contributed by atoms with Gasteiger partial charge >= 0.3 is 0 Å². The minimum Gasteiger partial charge on any atom is -0.494 e. The van der Waals surface area contributed by atoms with Crippen LogP contribution in [-0.2, 0) is 22.7 Å². The van der Waals surface area contributed by atoms with E-state index >= 15 is 0 Å². The van der Waals surface area contributed by atoms with E-state index in [2.05, 4.69) is 36.2 Å². The minimum atomic E-state index is -0.509. The van der Waals surface area contributed by atoms with Gasteiger partial charge in [-0.1, -0.05) is 79.4 Å². The number of aliphatic hydroxyl groups excluding tert-OH is 1. The summed E-state index contributed by atoms with van der Waals surface area (Å²) in [5.41, 5.74) is 4.43. The number of ether oxygens (including phenoxy) is 3. The van der Waals surface area contributed by atoms with Gasteiger partial charge in [-0.2, -0.15) is 0 Å². The molecule has 35 heavy (non-hydrogen) atoms. The van der Waals surface area contributed by atoms with Gasteiger partial charge < -0.3 is 24.6 Å². The van der Waals surface area contributed by atoms with Crippen LogP contribution in [0.4, 0.5) is 0 Å². The van der Waals surface area contributed by atoms with Crippen LogP contribution in [0, 0.1) is 0 Å². The Morgan fingerprint density at radius 1 is 0.857 bits per heavy atom. The predicted molar refractivity (Wildman–Crippen MR) is 139 cm³/mol. The zero-order valence-corrected chi connectivity index (χ0v) is 20.1. The van der Waals surface area contributed by atoms with Crippen LogP contribution >= 0.6 is 0 Å². The smallest absolute Gasteiger partial charge is 0.119 e. The number of hydrogen-bond acceptors (Lipinski definition) is 5. The Labute approximate surface area is 208 Å². The molecule has 184 valence electrons. The van der Waals surface area contributed by atoms with Crippen molar-refractivity contribution in [3.05, 3.63) is 108 Å². The third-order valence-electron chi connectivity index (χ3n) is 6.27. The summed E-state index contributed by atoms with van der Waals surface area (Å²) in [5, 5.41) is 14.0. The third kappa shape index (κ3) is 7.51. The second kappa shape index (κ2) is 13.2. The summed E-state index contributed by atoms with van der Waals surface area (Å²) in [6.07, 6.45) is 2.03. The van der Waals surface area contributed by atoms with E-state index < -0.39 is 6.10 Å². The fourth-order valence-electron chi connectivity index (χ4n) is 4.33. The number of rotatable bonds is 12. The summed E-state index contributed by atoms with van der Waals surface area (Å²) in [6, 6.07) is 26.4. The molecule has 3 aromatic carbocycles. The molecule has 2 N–H and O–H groups in total. The van der Waals surface area contributed by atoms with Crippen molar-refractivity contribution in [2.45, 2.75) is 37.8 Å². The number of nitrogens with one attached hydrogen (secondary N) is 1. The van der Waals surface area contributed by atoms with Crippen molar-refractivity contribution in [1.82, 2.24) is 5.32 Å². The first kappa shape index (κ1) is 25.1. The zero-order valence-electron chi connectivity index (χ0n) is 20.1. The normalized spacial score (nSPS) is 19.9. The van der Waals surface area contributed by atoms with E-state index in [4.69, 9.17) is 14.2 Å². The highest BCUT2D eigenvalue weighted by Crippen LogP contribution is 2.30. The molecule has 4 rings (SSSR count). The molecule has 5 heteroatoms. The molecule has 0 saturated carbocycles. The van der Waals surface area contributed by atoms with Crippen molar-refractivity contribution in [3.8, 4) is 5.75 Å². The Kier molecular flexibility index (Phi) is 9.49. The zero-order chi connectivity index (χ0) is 24.3. The van der Waals surface area contributed by atoms with Gasteiger partial charge in [-0.25, -0.2) is 0 Å². The van der Waals surface area contributed by atoms with Gasteiger partial charge in [0, 0.05) is 25.4 Å². The predicted octanol–water partition coefficient (Wildman–Crippen LogP) is 4.95. The van der Waals surface area contributed by atoms with Crippen LogP contribution < -0.4 is 10.1 Å². The maximum atomic E-state index is 10.7. The highest BCUT2D eigenvalue weighted by molar-refractivity contribution is 5.47. The highest BCUT2D eigenvalue weighted by Gasteiger charge is 2.34. The Morgan fingerprint density at radius 3 is 2.34 bits per heavy atom. The lowest BCUT2D eigenvalue weighted by Crippen LogP contribution is -2.49. The quantitative estimate of drug-likeness (QED) is 0.365. The molecule has 0 aromatic heterocycles. The van der Waals surface area contributed by atoms with Gasteiger partial charge in [0.05, 0.1) is 38.6 Å². The summed E-state index contributed by atoms with van der Waals surface area (Å²) in [7, 11) is 0. The van der Waals surface area contributed by atoms with Crippen molar-refractivity contribution >= 4 is 6.08 Å². The van der Waals surface area contributed by atoms with E-state index in [1.807, 2.05) is 60.7 Å². The lowest BCUT2D eigenvalue weighted by molar-refractivity contribution is -0.0328. The largest absolute Gasteiger partial charge is 0.494 e. The van der Waals surface area contributed by atoms with Crippen molar-refractivity contribution in [3.63, 3.8) is 0 Å². The molecule has 0 bridgehead atoms. The van der Waals surface area contributed by atoms with Gasteiger partial charge in [-0.15, -0.1) is 0 Å². The van der Waals surface area contributed by atoms with Crippen molar-refractivity contribution in [2.75, 3.05) is 26.3 Å². The maximum Gasteiger partial charge on any atom is 0.119 e. The topological polar surface area (TPSA) is 60.0 Å². The van der Waals surface area contributed by atoms with E-state index in [0.29, 0.717) is 39.5 Å². The van der Waals surface area contributed by atoms with Gasteiger partial charge in [-0.05, 0) is 34.4 Å². The lowest BCUT2D eigenvalue weighted by Gasteiger charge is -2.36. The fraction of sp³-hybridized carbons (Fsp3) is 0.333. The molecule has 5 nitrogen and oxygen atoms in total. The van der Waals surface area contributed by atoms with E-state index in [0.717, 1.165) is 28.9 Å². The van der Waals surface area contributed by atoms with Crippen molar-refractivity contribution < 1.29 is 19.3 Å². The van der Waals surface area contributed by atoms with Crippen LogP contribution in [0.2, 0.25) is 0 Å². The SMILES string of the molecule is C=Cc1ccc(COC2CNCC(O)C2c2ccc(OCCCOCc3ccccc3)cc2)cc1. The molecule has 1 aliphatic rings. The van der Waals surface area contributed by atoms with Crippen LogP contribution in [0.1, 0.15) is 34.6 Å². The number of aliphatic hydroxyl groups is 1. The molecule has 3 unspecified atom stereocenters. The fourth-order valence-corrected chi connectivity index (χ4v) is 4.33. The van der Waals surface area contributed by atoms with Gasteiger partial charge in [0.2, 0.25) is 0 Å². The molecule has 1 fully saturated rings. The third-order valence-corrected chi connectivity index (χ3v) is 6.27. The maximum absolute atomic E-state index is 10.7. The van der Waals surface area contributed by atoms with Crippen LogP contribution in [0.3, 0.4) is 0 Å². The molecule has 3 aromatic rings. The summed E-state index contributed by atoms with van der Waals surface area (Å²) in [6.45, 7) is 7.43. The van der Waals surface area contributed by atoms with Crippen LogP contribution in [0.25, 0.3) is 6.08 Å². The Balaban J connectivity index is 1.24. The molecule has 0 aliphatic carbocycles. The first-order chi connectivity index (χ1) is 17.2. The number of β-amino-alcohol motifs (C(OH)–C–C–N with tert-alkyl or cyclic N) is 1. The standard InChI is InChI=1S/C30H35NO4/c1-2-23-9-11-25(12-10-23)22-35-29-20-31-19-28(32)30(29)26-13-15-27(16-14-26)34-18-6-17-33-21-24-7-4-3-5-8-24/h2-5,7-16,28-32H,1,6,17-22H2. The Morgan fingerprint density at radius 2 is 1.60 bits per heavy atom.